The van der Waals surface area contributed by atoms with Crippen LogP contribution in [0, 0.1) is 0 Å². The van der Waals surface area contributed by atoms with Crippen LogP contribution in [0.5, 0.6) is 0 Å². The molecule has 1 amide bonds. The first kappa shape index (κ1) is 12.7. The molecule has 16 heavy (non-hydrogen) atoms. The highest BCUT2D eigenvalue weighted by molar-refractivity contribution is 5.76. The molecule has 5 heteroatoms. The van der Waals surface area contributed by atoms with Crippen LogP contribution in [0.2, 0.25) is 0 Å². The summed E-state index contributed by atoms with van der Waals surface area (Å²) in [6.07, 6.45) is 5.81. The fourth-order valence-corrected chi connectivity index (χ4v) is 1.43. The average Bonchev–Trinajstić information content (AvgIpc) is 2.76. The first-order valence-electron chi connectivity index (χ1n) is 5.57. The highest BCUT2D eigenvalue weighted by atomic mass is 16.2. The quantitative estimate of drug-likeness (QED) is 0.752. The van der Waals surface area contributed by atoms with E-state index in [0.717, 1.165) is 26.1 Å². The van der Waals surface area contributed by atoms with Gasteiger partial charge in [-0.25, -0.2) is 9.78 Å². The summed E-state index contributed by atoms with van der Waals surface area (Å²) in [5, 5.41) is 0. The van der Waals surface area contributed by atoms with E-state index in [1.54, 1.807) is 18.7 Å². The third-order valence-corrected chi connectivity index (χ3v) is 2.31. The first-order chi connectivity index (χ1) is 7.65. The molecule has 0 saturated heterocycles. The molecule has 0 fully saturated rings. The molecule has 0 aliphatic carbocycles. The van der Waals surface area contributed by atoms with Crippen molar-refractivity contribution in [3.8, 4) is 0 Å². The van der Waals surface area contributed by atoms with Crippen LogP contribution in [0.3, 0.4) is 0 Å². The van der Waals surface area contributed by atoms with Gasteiger partial charge in [-0.1, -0.05) is 6.92 Å². The van der Waals surface area contributed by atoms with Crippen LogP contribution in [-0.4, -0.2) is 59.1 Å². The molecule has 1 heterocycles. The van der Waals surface area contributed by atoms with E-state index in [1.807, 2.05) is 19.0 Å². The summed E-state index contributed by atoms with van der Waals surface area (Å²) in [5.41, 5.74) is 0. The zero-order valence-corrected chi connectivity index (χ0v) is 10.3. The van der Waals surface area contributed by atoms with Gasteiger partial charge in [0, 0.05) is 32.0 Å². The van der Waals surface area contributed by atoms with Crippen LogP contribution in [0.1, 0.15) is 13.3 Å². The van der Waals surface area contributed by atoms with Crippen molar-refractivity contribution >= 4 is 6.03 Å². The SMILES string of the molecule is CCCN(CCN(C)C)C(=O)n1ccnc1. The summed E-state index contributed by atoms with van der Waals surface area (Å²) in [7, 11) is 4.01. The fraction of sp³-hybridized carbons (Fsp3) is 0.636. The topological polar surface area (TPSA) is 41.4 Å². The van der Waals surface area contributed by atoms with Crippen LogP contribution >= 0.6 is 0 Å². The number of likely N-dealkylation sites (N-methyl/N-ethyl adjacent to an activating group) is 1. The molecule has 1 aromatic rings. The predicted molar refractivity (Wildman–Crippen MR) is 63.4 cm³/mol. The second kappa shape index (κ2) is 6.27. The molecule has 0 N–H and O–H groups in total. The Kier molecular flexibility index (Phi) is 4.98. The summed E-state index contributed by atoms with van der Waals surface area (Å²) < 4.78 is 1.52. The first-order valence-corrected chi connectivity index (χ1v) is 5.57. The van der Waals surface area contributed by atoms with Crippen molar-refractivity contribution in [3.63, 3.8) is 0 Å². The lowest BCUT2D eigenvalue weighted by Gasteiger charge is -2.23. The molecule has 0 radical (unpaired) electrons. The van der Waals surface area contributed by atoms with E-state index in [-0.39, 0.29) is 6.03 Å². The number of nitrogens with zero attached hydrogens (tertiary/aromatic N) is 4. The molecular weight excluding hydrogens is 204 g/mol. The molecule has 1 aromatic heterocycles. The van der Waals surface area contributed by atoms with Gasteiger partial charge in [-0.2, -0.15) is 0 Å². The summed E-state index contributed by atoms with van der Waals surface area (Å²) in [6, 6.07) is 0.00111. The maximum Gasteiger partial charge on any atom is 0.329 e. The minimum Gasteiger partial charge on any atom is -0.323 e. The number of carbonyl (C=O) groups is 1. The van der Waals surface area contributed by atoms with Crippen molar-refractivity contribution in [1.82, 2.24) is 19.4 Å². The van der Waals surface area contributed by atoms with Gasteiger partial charge < -0.3 is 9.80 Å². The second-order valence-electron chi connectivity index (χ2n) is 4.04. The van der Waals surface area contributed by atoms with Gasteiger partial charge in [0.2, 0.25) is 0 Å². The highest BCUT2D eigenvalue weighted by Crippen LogP contribution is 1.98. The van der Waals surface area contributed by atoms with Crippen molar-refractivity contribution in [2.45, 2.75) is 13.3 Å². The lowest BCUT2D eigenvalue weighted by molar-refractivity contribution is 0.193. The van der Waals surface area contributed by atoms with Crippen LogP contribution in [-0.2, 0) is 0 Å². The Bertz CT molecular complexity index is 308. The number of hydrogen-bond donors (Lipinski definition) is 0. The van der Waals surface area contributed by atoms with Crippen LogP contribution in [0.15, 0.2) is 18.7 Å². The van der Waals surface area contributed by atoms with Crippen molar-refractivity contribution in [1.29, 1.82) is 0 Å². The molecule has 5 nitrogen and oxygen atoms in total. The predicted octanol–water partition coefficient (Wildman–Crippen LogP) is 1.12. The molecule has 0 aromatic carbocycles. The summed E-state index contributed by atoms with van der Waals surface area (Å²) in [5.74, 6) is 0. The molecule has 0 spiro atoms. The summed E-state index contributed by atoms with van der Waals surface area (Å²) in [4.78, 5) is 19.8. The van der Waals surface area contributed by atoms with Gasteiger partial charge in [0.25, 0.3) is 0 Å². The smallest absolute Gasteiger partial charge is 0.323 e. The maximum atomic E-state index is 12.0. The van der Waals surface area contributed by atoms with E-state index in [0.29, 0.717) is 0 Å². The Hall–Kier alpha value is -1.36. The molecule has 0 aliphatic rings. The molecule has 0 bridgehead atoms. The summed E-state index contributed by atoms with van der Waals surface area (Å²) >= 11 is 0. The van der Waals surface area contributed by atoms with Gasteiger partial charge in [-0.3, -0.25) is 4.57 Å². The van der Waals surface area contributed by atoms with Gasteiger partial charge in [-0.15, -0.1) is 0 Å². The Morgan fingerprint density at radius 3 is 2.56 bits per heavy atom. The van der Waals surface area contributed by atoms with Crippen LogP contribution in [0.25, 0.3) is 0 Å². The normalized spacial score (nSPS) is 10.8. The number of aromatic nitrogens is 2. The number of carbonyl (C=O) groups excluding carboxylic acids is 1. The van der Waals surface area contributed by atoms with Gasteiger partial charge >= 0.3 is 6.03 Å². The maximum absolute atomic E-state index is 12.0. The largest absolute Gasteiger partial charge is 0.329 e. The minimum absolute atomic E-state index is 0.00111. The minimum atomic E-state index is 0.00111. The standard InChI is InChI=1S/C11H20N4O/c1-4-6-14(9-8-13(2)3)11(16)15-7-5-12-10-15/h5,7,10H,4,6,8-9H2,1-3H3. The zero-order chi connectivity index (χ0) is 12.0. The van der Waals surface area contributed by atoms with E-state index in [9.17, 15) is 4.79 Å². The third-order valence-electron chi connectivity index (χ3n) is 2.31. The molecule has 0 unspecified atom stereocenters. The average molecular weight is 224 g/mol. The third kappa shape index (κ3) is 3.66. The van der Waals surface area contributed by atoms with E-state index < -0.39 is 0 Å². The second-order valence-corrected chi connectivity index (χ2v) is 4.04. The lowest BCUT2D eigenvalue weighted by Crippen LogP contribution is -2.39. The lowest BCUT2D eigenvalue weighted by atomic mass is 10.4. The van der Waals surface area contributed by atoms with Gasteiger partial charge in [0.05, 0.1) is 0 Å². The number of imidazole rings is 1. The van der Waals surface area contributed by atoms with Gasteiger partial charge in [0.15, 0.2) is 0 Å². The molecular formula is C11H20N4O. The van der Waals surface area contributed by atoms with E-state index >= 15 is 0 Å². The summed E-state index contributed by atoms with van der Waals surface area (Å²) in [6.45, 7) is 4.48. The van der Waals surface area contributed by atoms with E-state index in [4.69, 9.17) is 0 Å². The van der Waals surface area contributed by atoms with E-state index in [1.165, 1.54) is 4.57 Å². The number of amides is 1. The Morgan fingerprint density at radius 1 is 1.31 bits per heavy atom. The van der Waals surface area contributed by atoms with Crippen molar-refractivity contribution < 1.29 is 4.79 Å². The zero-order valence-electron chi connectivity index (χ0n) is 10.3. The molecule has 0 atom stereocenters. The number of rotatable bonds is 5. The van der Waals surface area contributed by atoms with Crippen LogP contribution < -0.4 is 0 Å². The van der Waals surface area contributed by atoms with Crippen molar-refractivity contribution in [2.24, 2.45) is 0 Å². The highest BCUT2D eigenvalue weighted by Gasteiger charge is 2.13. The molecule has 0 saturated carbocycles. The van der Waals surface area contributed by atoms with E-state index in [2.05, 4.69) is 16.8 Å². The molecule has 90 valence electrons. The van der Waals surface area contributed by atoms with Crippen LogP contribution in [0.4, 0.5) is 4.79 Å². The Balaban J connectivity index is 2.58. The van der Waals surface area contributed by atoms with Crippen molar-refractivity contribution in [2.75, 3.05) is 33.7 Å². The number of hydrogen-bond acceptors (Lipinski definition) is 3. The van der Waals surface area contributed by atoms with Gasteiger partial charge in [-0.05, 0) is 20.5 Å². The Labute approximate surface area is 96.7 Å². The van der Waals surface area contributed by atoms with Crippen molar-refractivity contribution in [3.05, 3.63) is 18.7 Å². The fourth-order valence-electron chi connectivity index (χ4n) is 1.43. The Morgan fingerprint density at radius 2 is 2.06 bits per heavy atom. The monoisotopic (exact) mass is 224 g/mol. The molecule has 0 aliphatic heterocycles. The molecule has 1 rings (SSSR count). The van der Waals surface area contributed by atoms with Gasteiger partial charge in [0.1, 0.15) is 6.33 Å².